The molecule has 71 heavy (non-hydrogen) atoms. The number of carbonyl (C=O) groups excluding carboxylic acids is 2. The lowest BCUT2D eigenvalue weighted by atomic mass is 10.1. The van der Waals surface area contributed by atoms with Crippen LogP contribution in [0.1, 0.15) is 56.3 Å². The molecule has 4 aliphatic rings. The quantitative estimate of drug-likeness (QED) is 0.0573. The van der Waals surface area contributed by atoms with Crippen LogP contribution >= 0.6 is 11.8 Å². The number of nitrogens with zero attached hydrogens (tertiary/aromatic N) is 4. The first-order valence-electron chi connectivity index (χ1n) is 24.3. The smallest absolute Gasteiger partial charge is 0.261 e. The Bertz CT molecular complexity index is 2720. The molecule has 0 aliphatic carbocycles. The molecular weight excluding hydrogens is 923 g/mol. The Morgan fingerprint density at radius 3 is 2.08 bits per heavy atom. The third kappa shape index (κ3) is 11.3. The molecule has 15 nitrogen and oxygen atoms in total. The molecule has 0 spiro atoms. The Kier molecular flexibility index (Phi) is 16.3. The highest BCUT2D eigenvalue weighted by atomic mass is 32.2. The van der Waals surface area contributed by atoms with Gasteiger partial charge in [-0.3, -0.25) is 19.5 Å². The summed E-state index contributed by atoms with van der Waals surface area (Å²) < 4.78 is 41.8. The third-order valence-corrected chi connectivity index (χ3v) is 14.4. The highest BCUT2D eigenvalue weighted by molar-refractivity contribution is 7.99. The summed E-state index contributed by atoms with van der Waals surface area (Å²) in [5.74, 6) is 2.44. The van der Waals surface area contributed by atoms with E-state index in [-0.39, 0.29) is 49.0 Å². The Morgan fingerprint density at radius 2 is 1.38 bits per heavy atom. The van der Waals surface area contributed by atoms with E-state index in [1.54, 1.807) is 39.5 Å². The molecule has 16 heteroatoms. The second-order valence-corrected chi connectivity index (χ2v) is 19.5. The van der Waals surface area contributed by atoms with Crippen LogP contribution in [0.3, 0.4) is 0 Å². The number of aliphatic imine (C=N–C) groups is 1. The fraction of sp³-hybridized carbons (Fsp3) is 0.400. The summed E-state index contributed by atoms with van der Waals surface area (Å²) in [6.07, 6.45) is 4.04. The van der Waals surface area contributed by atoms with E-state index >= 15 is 0 Å². The van der Waals surface area contributed by atoms with Crippen LogP contribution in [-0.2, 0) is 40.3 Å². The molecule has 4 heterocycles. The number of hydrogen-bond acceptors (Lipinski definition) is 14. The van der Waals surface area contributed by atoms with Gasteiger partial charge in [-0.1, -0.05) is 43.3 Å². The van der Waals surface area contributed by atoms with Crippen LogP contribution in [0.15, 0.2) is 96.0 Å². The van der Waals surface area contributed by atoms with E-state index < -0.39 is 0 Å². The van der Waals surface area contributed by atoms with Gasteiger partial charge in [0.15, 0.2) is 23.0 Å². The van der Waals surface area contributed by atoms with Crippen molar-refractivity contribution in [3.63, 3.8) is 0 Å². The van der Waals surface area contributed by atoms with Gasteiger partial charge in [0.25, 0.3) is 11.8 Å². The van der Waals surface area contributed by atoms with E-state index in [2.05, 4.69) is 47.5 Å². The summed E-state index contributed by atoms with van der Waals surface area (Å²) in [7, 11) is 4.80. The van der Waals surface area contributed by atoms with Crippen molar-refractivity contribution in [2.24, 2.45) is 4.99 Å². The lowest BCUT2D eigenvalue weighted by molar-refractivity contribution is 0.0264. The monoisotopic (exact) mass is 985 g/mol. The number of methoxy groups -OCH3 is 3. The van der Waals surface area contributed by atoms with Gasteiger partial charge in [-0.05, 0) is 83.3 Å². The minimum Gasteiger partial charge on any atom is -0.493 e. The number of hydrogen-bond donors (Lipinski definition) is 2. The fourth-order valence-corrected chi connectivity index (χ4v) is 10.7. The third-order valence-electron chi connectivity index (χ3n) is 13.2. The standard InChI is InChI=1S/C55H63N5O10S/c1-36(71-21-9-15-61)33-58(14-16-67-19-20-68-18-17-64-2)41-23-37(34-69-52-29-46-44(27-50(52)65-3)54(62)59-42(31-56-46)25-39-10-5-7-12-48(39)59)22-38(24-41)35-70-53-30-47-45(28-51(53)66-4)55(63)60-43(32-57-47)26-40-11-6-8-13-49(40)60/h5-8,10-13,22-24,27-31,36,42-43,57,61H,9,14-21,25-26,32-35H2,1-4H3/t36-,42-,43-/m0/s1. The number of fused-ring (bicyclic) bond motifs is 8. The van der Waals surface area contributed by atoms with Crippen LogP contribution in [0.25, 0.3) is 0 Å². The molecule has 0 radical (unpaired) electrons. The van der Waals surface area contributed by atoms with E-state index in [0.29, 0.717) is 105 Å². The van der Waals surface area contributed by atoms with Crippen molar-refractivity contribution >= 4 is 58.2 Å². The van der Waals surface area contributed by atoms with Gasteiger partial charge in [-0.2, -0.15) is 11.8 Å². The van der Waals surface area contributed by atoms with Crippen molar-refractivity contribution in [3.8, 4) is 23.0 Å². The molecule has 5 aromatic rings. The summed E-state index contributed by atoms with van der Waals surface area (Å²) in [6, 6.07) is 29.3. The second kappa shape index (κ2) is 23.3. The van der Waals surface area contributed by atoms with Crippen LogP contribution < -0.4 is 39.0 Å². The van der Waals surface area contributed by atoms with Gasteiger partial charge in [0.1, 0.15) is 13.2 Å². The number of anilines is 4. The normalized spacial score (nSPS) is 16.7. The second-order valence-electron chi connectivity index (χ2n) is 18.0. The van der Waals surface area contributed by atoms with Crippen LogP contribution in [0.5, 0.6) is 23.0 Å². The van der Waals surface area contributed by atoms with E-state index in [1.807, 2.05) is 70.2 Å². The van der Waals surface area contributed by atoms with Gasteiger partial charge in [0, 0.05) is 80.4 Å². The van der Waals surface area contributed by atoms with Gasteiger partial charge in [0.05, 0.1) is 81.8 Å². The number of carbonyl (C=O) groups is 2. The summed E-state index contributed by atoms with van der Waals surface area (Å²) in [5, 5.41) is 13.3. The number of thioether (sulfide) groups is 1. The number of nitrogens with one attached hydrogen (secondary N) is 1. The minimum absolute atomic E-state index is 0.0127. The van der Waals surface area contributed by atoms with Crippen LogP contribution in [0, 0.1) is 0 Å². The van der Waals surface area contributed by atoms with Crippen LogP contribution in [0.4, 0.5) is 28.4 Å². The van der Waals surface area contributed by atoms with E-state index in [1.165, 1.54) is 0 Å². The maximum Gasteiger partial charge on any atom is 0.261 e. The largest absolute Gasteiger partial charge is 0.493 e. The average Bonchev–Trinajstić information content (AvgIpc) is 3.88. The summed E-state index contributed by atoms with van der Waals surface area (Å²) >= 11 is 1.82. The van der Waals surface area contributed by atoms with Gasteiger partial charge in [0.2, 0.25) is 0 Å². The zero-order valence-corrected chi connectivity index (χ0v) is 41.7. The molecule has 0 saturated carbocycles. The molecule has 374 valence electrons. The molecule has 5 aromatic carbocycles. The molecule has 2 N–H and O–H groups in total. The van der Waals surface area contributed by atoms with Crippen molar-refractivity contribution in [3.05, 3.63) is 124 Å². The van der Waals surface area contributed by atoms with E-state index in [0.717, 1.165) is 57.9 Å². The fourth-order valence-electron chi connectivity index (χ4n) is 9.69. The highest BCUT2D eigenvalue weighted by Crippen LogP contribution is 2.43. The first kappa shape index (κ1) is 49.7. The predicted octanol–water partition coefficient (Wildman–Crippen LogP) is 8.14. The van der Waals surface area contributed by atoms with Gasteiger partial charge < -0.3 is 53.4 Å². The number of benzene rings is 5. The van der Waals surface area contributed by atoms with Crippen molar-refractivity contribution in [1.29, 1.82) is 0 Å². The predicted molar refractivity (Wildman–Crippen MR) is 279 cm³/mol. The maximum atomic E-state index is 14.2. The zero-order chi connectivity index (χ0) is 49.3. The lowest BCUT2D eigenvalue weighted by Gasteiger charge is -2.29. The zero-order valence-electron chi connectivity index (χ0n) is 40.9. The highest BCUT2D eigenvalue weighted by Gasteiger charge is 2.39. The van der Waals surface area contributed by atoms with Gasteiger partial charge in [-0.25, -0.2) is 0 Å². The van der Waals surface area contributed by atoms with Crippen molar-refractivity contribution in [1.82, 2.24) is 0 Å². The van der Waals surface area contributed by atoms with Crippen molar-refractivity contribution in [2.45, 2.75) is 56.7 Å². The molecule has 0 unspecified atom stereocenters. The van der Waals surface area contributed by atoms with E-state index in [9.17, 15) is 14.7 Å². The lowest BCUT2D eigenvalue weighted by Crippen LogP contribution is -2.39. The minimum atomic E-state index is -0.190. The Labute approximate surface area is 420 Å². The SMILES string of the molecule is COCCOCCOCCN(C[C@H](C)SCCCO)c1cc(COc2cc3c(cc2OC)C(=O)N2c4ccccc4C[C@H]2C=N3)cc(COc2cc3c(cc2OC)C(=O)N2c4ccccc4C[C@H]2CN3)c1. The number of amides is 2. The van der Waals surface area contributed by atoms with Crippen LogP contribution in [0.2, 0.25) is 0 Å². The molecule has 0 aromatic heterocycles. The molecule has 2 amide bonds. The number of aliphatic hydroxyl groups excluding tert-OH is 1. The van der Waals surface area contributed by atoms with E-state index in [4.69, 9.17) is 38.2 Å². The molecule has 0 saturated heterocycles. The maximum absolute atomic E-state index is 14.2. The first-order valence-corrected chi connectivity index (χ1v) is 25.4. The Balaban J connectivity index is 0.993. The number of aliphatic hydroxyl groups is 1. The molecule has 4 aliphatic heterocycles. The van der Waals surface area contributed by atoms with Crippen molar-refractivity contribution < 1.29 is 47.9 Å². The van der Waals surface area contributed by atoms with Crippen LogP contribution in [-0.4, -0.2) is 127 Å². The molecular formula is C55H63N5O10S. The number of ether oxygens (including phenoxy) is 7. The molecule has 0 bridgehead atoms. The van der Waals surface area contributed by atoms with Crippen molar-refractivity contribution in [2.75, 3.05) is 106 Å². The topological polar surface area (TPSA) is 153 Å². The molecule has 9 rings (SSSR count). The molecule has 0 fully saturated rings. The summed E-state index contributed by atoms with van der Waals surface area (Å²) in [6.45, 7) is 6.99. The van der Waals surface area contributed by atoms with Gasteiger partial charge >= 0.3 is 0 Å². The first-order chi connectivity index (χ1) is 34.8. The number of para-hydroxylation sites is 2. The number of rotatable bonds is 24. The Morgan fingerprint density at radius 1 is 0.746 bits per heavy atom. The molecule has 3 atom stereocenters. The Hall–Kier alpha value is -6.30. The summed E-state index contributed by atoms with van der Waals surface area (Å²) in [5.41, 5.74) is 8.97. The van der Waals surface area contributed by atoms with Gasteiger partial charge in [-0.15, -0.1) is 0 Å². The summed E-state index contributed by atoms with van der Waals surface area (Å²) in [4.78, 5) is 39.2. The average molecular weight is 986 g/mol.